The molecule has 0 saturated heterocycles. The maximum atomic E-state index is 11.1. The molecule has 2 aromatic rings. The molecule has 21 heavy (non-hydrogen) atoms. The van der Waals surface area contributed by atoms with Gasteiger partial charge < -0.3 is 14.7 Å². The first-order valence-corrected chi connectivity index (χ1v) is 6.46. The van der Waals surface area contributed by atoms with Crippen molar-refractivity contribution in [2.45, 2.75) is 24.7 Å². The number of carbonyl (C=O) groups is 2. The van der Waals surface area contributed by atoms with Gasteiger partial charge in [-0.1, -0.05) is 23.4 Å². The Labute approximate surface area is 119 Å². The lowest BCUT2D eigenvalue weighted by atomic mass is 9.97. The Bertz CT molecular complexity index is 691. The Morgan fingerprint density at radius 2 is 1.95 bits per heavy atom. The molecule has 0 aliphatic heterocycles. The number of aliphatic carboxylic acids is 2. The highest BCUT2D eigenvalue weighted by Crippen LogP contribution is 2.39. The summed E-state index contributed by atoms with van der Waals surface area (Å²) in [6, 6.07) is 6.19. The Kier molecular flexibility index (Phi) is 3.17. The first-order chi connectivity index (χ1) is 10.1. The van der Waals surface area contributed by atoms with Crippen LogP contribution in [0.5, 0.6) is 0 Å². The maximum absolute atomic E-state index is 11.1. The van der Waals surface area contributed by atoms with Crippen molar-refractivity contribution in [3.63, 3.8) is 0 Å². The molecule has 1 aromatic carbocycles. The third-order valence-corrected chi connectivity index (χ3v) is 3.34. The molecule has 108 valence electrons. The van der Waals surface area contributed by atoms with Gasteiger partial charge in [0.2, 0.25) is 11.7 Å². The highest BCUT2D eigenvalue weighted by molar-refractivity contribution is 5.99. The largest absolute Gasteiger partial charge is 0.480 e. The van der Waals surface area contributed by atoms with E-state index in [4.69, 9.17) is 14.7 Å². The molecule has 0 spiro atoms. The number of nitrogens with zero attached hydrogens (tertiary/aromatic N) is 2. The van der Waals surface area contributed by atoms with Gasteiger partial charge in [-0.3, -0.25) is 9.59 Å². The van der Waals surface area contributed by atoms with Gasteiger partial charge in [0.15, 0.2) is 5.92 Å². The fraction of sp³-hybridized carbons (Fsp3) is 0.286. The lowest BCUT2D eigenvalue weighted by molar-refractivity contribution is -0.150. The summed E-state index contributed by atoms with van der Waals surface area (Å²) in [6.07, 6.45) is 2.06. The van der Waals surface area contributed by atoms with Gasteiger partial charge in [-0.05, 0) is 24.5 Å². The molecule has 1 aliphatic rings. The SMILES string of the molecule is O=C(O)C(C(=O)O)c1cccc(-c2noc(C3CC3)n2)c1. The van der Waals surface area contributed by atoms with Crippen molar-refractivity contribution in [1.82, 2.24) is 10.1 Å². The van der Waals surface area contributed by atoms with E-state index in [1.54, 1.807) is 12.1 Å². The van der Waals surface area contributed by atoms with Gasteiger partial charge in [0.05, 0.1) is 0 Å². The van der Waals surface area contributed by atoms with E-state index >= 15 is 0 Å². The Hall–Kier alpha value is -2.70. The predicted molar refractivity (Wildman–Crippen MR) is 69.7 cm³/mol. The van der Waals surface area contributed by atoms with E-state index in [2.05, 4.69) is 10.1 Å². The summed E-state index contributed by atoms with van der Waals surface area (Å²) in [6.45, 7) is 0. The van der Waals surface area contributed by atoms with E-state index in [0.717, 1.165) is 12.8 Å². The van der Waals surface area contributed by atoms with Crippen molar-refractivity contribution in [3.8, 4) is 11.4 Å². The Morgan fingerprint density at radius 3 is 2.57 bits per heavy atom. The maximum Gasteiger partial charge on any atom is 0.322 e. The molecule has 1 aromatic heterocycles. The number of benzene rings is 1. The average Bonchev–Trinajstić information content (AvgIpc) is 3.16. The standard InChI is InChI=1S/C14H12N2O5/c17-13(18)10(14(19)20)8-2-1-3-9(6-8)11-15-12(21-16-11)7-4-5-7/h1-3,6-7,10H,4-5H2,(H,17,18)(H,19,20). The van der Waals surface area contributed by atoms with Gasteiger partial charge in [0.1, 0.15) is 0 Å². The summed E-state index contributed by atoms with van der Waals surface area (Å²) in [5, 5.41) is 21.9. The molecule has 1 saturated carbocycles. The van der Waals surface area contributed by atoms with Crippen molar-refractivity contribution in [2.24, 2.45) is 0 Å². The monoisotopic (exact) mass is 288 g/mol. The van der Waals surface area contributed by atoms with Gasteiger partial charge in [-0.15, -0.1) is 0 Å². The van der Waals surface area contributed by atoms with E-state index in [0.29, 0.717) is 23.2 Å². The third-order valence-electron chi connectivity index (χ3n) is 3.34. The molecule has 7 nitrogen and oxygen atoms in total. The summed E-state index contributed by atoms with van der Waals surface area (Å²) in [5.41, 5.74) is 0.709. The van der Waals surface area contributed by atoms with Crippen LogP contribution in [0.3, 0.4) is 0 Å². The molecule has 7 heteroatoms. The van der Waals surface area contributed by atoms with Crippen LogP contribution < -0.4 is 0 Å². The summed E-state index contributed by atoms with van der Waals surface area (Å²) < 4.78 is 5.14. The second kappa shape index (κ2) is 5.01. The summed E-state index contributed by atoms with van der Waals surface area (Å²) in [5.74, 6) is -3.20. The van der Waals surface area contributed by atoms with Crippen LogP contribution in [0.2, 0.25) is 0 Å². The first kappa shape index (κ1) is 13.3. The molecule has 0 bridgehead atoms. The number of hydrogen-bond acceptors (Lipinski definition) is 5. The number of carboxylic acids is 2. The number of aromatic nitrogens is 2. The van der Waals surface area contributed by atoms with Gasteiger partial charge in [-0.2, -0.15) is 4.98 Å². The molecular formula is C14H12N2O5. The van der Waals surface area contributed by atoms with Crippen molar-refractivity contribution in [3.05, 3.63) is 35.7 Å². The molecule has 1 fully saturated rings. The number of hydrogen-bond donors (Lipinski definition) is 2. The fourth-order valence-electron chi connectivity index (χ4n) is 2.10. The zero-order valence-corrected chi connectivity index (χ0v) is 10.9. The summed E-state index contributed by atoms with van der Waals surface area (Å²) >= 11 is 0. The van der Waals surface area contributed by atoms with Crippen LogP contribution in [-0.4, -0.2) is 32.3 Å². The third kappa shape index (κ3) is 2.62. The van der Waals surface area contributed by atoms with Gasteiger partial charge in [0, 0.05) is 11.5 Å². The molecule has 0 unspecified atom stereocenters. The van der Waals surface area contributed by atoms with Crippen LogP contribution in [-0.2, 0) is 9.59 Å². The molecule has 0 atom stereocenters. The van der Waals surface area contributed by atoms with Gasteiger partial charge >= 0.3 is 11.9 Å². The van der Waals surface area contributed by atoms with Gasteiger partial charge in [0.25, 0.3) is 0 Å². The highest BCUT2D eigenvalue weighted by Gasteiger charge is 2.31. The summed E-state index contributed by atoms with van der Waals surface area (Å²) in [7, 11) is 0. The van der Waals surface area contributed by atoms with Crippen molar-refractivity contribution >= 4 is 11.9 Å². The minimum Gasteiger partial charge on any atom is -0.480 e. The summed E-state index contributed by atoms with van der Waals surface area (Å²) in [4.78, 5) is 26.4. The lowest BCUT2D eigenvalue weighted by Gasteiger charge is -2.08. The fourth-order valence-corrected chi connectivity index (χ4v) is 2.10. The molecule has 0 radical (unpaired) electrons. The Balaban J connectivity index is 1.94. The second-order valence-corrected chi connectivity index (χ2v) is 4.97. The zero-order chi connectivity index (χ0) is 15.0. The van der Waals surface area contributed by atoms with Crippen LogP contribution in [0.4, 0.5) is 0 Å². The number of rotatable bonds is 5. The minimum absolute atomic E-state index is 0.172. The van der Waals surface area contributed by atoms with E-state index in [1.165, 1.54) is 12.1 Å². The van der Waals surface area contributed by atoms with Crippen LogP contribution in [0.15, 0.2) is 28.8 Å². The van der Waals surface area contributed by atoms with Crippen molar-refractivity contribution in [2.75, 3.05) is 0 Å². The lowest BCUT2D eigenvalue weighted by Crippen LogP contribution is -2.21. The van der Waals surface area contributed by atoms with E-state index in [9.17, 15) is 9.59 Å². The molecule has 1 aliphatic carbocycles. The second-order valence-electron chi connectivity index (χ2n) is 4.97. The highest BCUT2D eigenvalue weighted by atomic mass is 16.5. The van der Waals surface area contributed by atoms with E-state index in [-0.39, 0.29) is 5.56 Å². The molecule has 2 N–H and O–H groups in total. The number of carboxylic acid groups (broad SMARTS) is 2. The minimum atomic E-state index is -1.61. The van der Waals surface area contributed by atoms with Crippen LogP contribution in [0.25, 0.3) is 11.4 Å². The van der Waals surface area contributed by atoms with Crippen LogP contribution in [0.1, 0.15) is 36.1 Å². The zero-order valence-electron chi connectivity index (χ0n) is 10.9. The smallest absolute Gasteiger partial charge is 0.322 e. The topological polar surface area (TPSA) is 114 Å². The van der Waals surface area contributed by atoms with E-state index < -0.39 is 17.9 Å². The van der Waals surface area contributed by atoms with Crippen molar-refractivity contribution in [1.29, 1.82) is 0 Å². The molecule has 0 amide bonds. The normalized spacial score (nSPS) is 14.3. The first-order valence-electron chi connectivity index (χ1n) is 6.46. The average molecular weight is 288 g/mol. The predicted octanol–water partition coefficient (Wildman–Crippen LogP) is 1.87. The van der Waals surface area contributed by atoms with Gasteiger partial charge in [-0.25, -0.2) is 0 Å². The molecular weight excluding hydrogens is 276 g/mol. The molecule has 1 heterocycles. The van der Waals surface area contributed by atoms with Crippen molar-refractivity contribution < 1.29 is 24.3 Å². The van der Waals surface area contributed by atoms with Crippen LogP contribution >= 0.6 is 0 Å². The quantitative estimate of drug-likeness (QED) is 0.807. The molecule has 3 rings (SSSR count). The Morgan fingerprint density at radius 1 is 1.24 bits per heavy atom. The van der Waals surface area contributed by atoms with Crippen LogP contribution in [0, 0.1) is 0 Å². The van der Waals surface area contributed by atoms with E-state index in [1.807, 2.05) is 0 Å².